The molecule has 3 rings (SSSR count). The average Bonchev–Trinajstić information content (AvgIpc) is 2.99. The Balaban J connectivity index is 1.79. The zero-order valence-electron chi connectivity index (χ0n) is 19.2. The quantitative estimate of drug-likeness (QED) is 0.760. The Kier molecular flexibility index (Phi) is 6.41. The van der Waals surface area contributed by atoms with Gasteiger partial charge in [-0.1, -0.05) is 0 Å². The standard InChI is InChI=1S/C23H34N4O3/c1-16-12-21(27-17(2)8-9-18(27)3)24-13-20(16)25-10-11-26(19(14-25)15-29-7)22(28)30-23(4,5)6/h8-9,12-13,19H,10-11,14-15H2,1-7H3/t19-/m1/s1. The molecule has 7 nitrogen and oxygen atoms in total. The van der Waals surface area contributed by atoms with Crippen molar-refractivity contribution in [2.45, 2.75) is 53.2 Å². The molecule has 2 aromatic rings. The Hall–Kier alpha value is -2.54. The minimum absolute atomic E-state index is 0.0772. The predicted molar refractivity (Wildman–Crippen MR) is 119 cm³/mol. The van der Waals surface area contributed by atoms with Gasteiger partial charge in [0.15, 0.2) is 0 Å². The minimum Gasteiger partial charge on any atom is -0.444 e. The van der Waals surface area contributed by atoms with E-state index >= 15 is 0 Å². The fraction of sp³-hybridized carbons (Fsp3) is 0.565. The third kappa shape index (κ3) is 4.78. The SMILES string of the molecule is COC[C@H]1CN(c2cnc(-n3c(C)ccc3C)cc2C)CCN1C(=O)OC(C)(C)C. The molecule has 1 aliphatic heterocycles. The second-order valence-electron chi connectivity index (χ2n) is 9.01. The largest absolute Gasteiger partial charge is 0.444 e. The topological polar surface area (TPSA) is 59.8 Å². The molecule has 1 saturated heterocycles. The molecule has 0 saturated carbocycles. The number of carbonyl (C=O) groups excluding carboxylic acids is 1. The number of aryl methyl sites for hydroxylation is 3. The first kappa shape index (κ1) is 22.2. The van der Waals surface area contributed by atoms with Gasteiger partial charge in [-0.2, -0.15) is 0 Å². The zero-order chi connectivity index (χ0) is 22.1. The van der Waals surface area contributed by atoms with Crippen LogP contribution in [0.5, 0.6) is 0 Å². The van der Waals surface area contributed by atoms with Crippen LogP contribution in [0.1, 0.15) is 37.7 Å². The van der Waals surface area contributed by atoms with E-state index in [0.29, 0.717) is 19.7 Å². The van der Waals surface area contributed by atoms with Crippen LogP contribution < -0.4 is 4.90 Å². The Labute approximate surface area is 179 Å². The first-order chi connectivity index (χ1) is 14.1. The van der Waals surface area contributed by atoms with E-state index in [4.69, 9.17) is 14.5 Å². The molecule has 1 aliphatic rings. The lowest BCUT2D eigenvalue weighted by Gasteiger charge is -2.42. The molecular weight excluding hydrogens is 380 g/mol. The van der Waals surface area contributed by atoms with Gasteiger partial charge in [0, 0.05) is 38.1 Å². The Morgan fingerprint density at radius 2 is 1.83 bits per heavy atom. The third-order valence-corrected chi connectivity index (χ3v) is 5.38. The van der Waals surface area contributed by atoms with Crippen LogP contribution in [-0.2, 0) is 9.47 Å². The van der Waals surface area contributed by atoms with Crippen molar-refractivity contribution in [1.29, 1.82) is 0 Å². The number of methoxy groups -OCH3 is 1. The molecule has 0 N–H and O–H groups in total. The van der Waals surface area contributed by atoms with E-state index in [9.17, 15) is 4.79 Å². The van der Waals surface area contributed by atoms with Crippen molar-refractivity contribution in [2.75, 3.05) is 38.3 Å². The number of anilines is 1. The number of amides is 1. The van der Waals surface area contributed by atoms with Crippen LogP contribution in [0.15, 0.2) is 24.4 Å². The van der Waals surface area contributed by atoms with Gasteiger partial charge in [-0.25, -0.2) is 9.78 Å². The molecular formula is C23H34N4O3. The predicted octanol–water partition coefficient (Wildman–Crippen LogP) is 3.87. The van der Waals surface area contributed by atoms with Crippen LogP contribution >= 0.6 is 0 Å². The maximum atomic E-state index is 12.7. The normalized spacial score (nSPS) is 17.4. The van der Waals surface area contributed by atoms with Crippen LogP contribution in [0.3, 0.4) is 0 Å². The lowest BCUT2D eigenvalue weighted by atomic mass is 10.1. The molecule has 1 atom stereocenters. The number of aromatic nitrogens is 2. The lowest BCUT2D eigenvalue weighted by Crippen LogP contribution is -2.58. The van der Waals surface area contributed by atoms with Crippen LogP contribution in [-0.4, -0.2) is 65.5 Å². The molecule has 0 aliphatic carbocycles. The highest BCUT2D eigenvalue weighted by Gasteiger charge is 2.34. The van der Waals surface area contributed by atoms with Crippen molar-refractivity contribution < 1.29 is 14.3 Å². The molecule has 0 unspecified atom stereocenters. The molecule has 3 heterocycles. The van der Waals surface area contributed by atoms with E-state index in [0.717, 1.165) is 23.6 Å². The number of hydrogen-bond donors (Lipinski definition) is 0. The van der Waals surface area contributed by atoms with Gasteiger partial charge in [0.25, 0.3) is 0 Å². The van der Waals surface area contributed by atoms with Crippen LogP contribution in [0.25, 0.3) is 5.82 Å². The van der Waals surface area contributed by atoms with Crippen LogP contribution in [0.4, 0.5) is 10.5 Å². The summed E-state index contributed by atoms with van der Waals surface area (Å²) in [5.41, 5.74) is 4.06. The summed E-state index contributed by atoms with van der Waals surface area (Å²) in [7, 11) is 1.66. The van der Waals surface area contributed by atoms with E-state index in [-0.39, 0.29) is 12.1 Å². The highest BCUT2D eigenvalue weighted by molar-refractivity contribution is 5.69. The maximum absolute atomic E-state index is 12.7. The van der Waals surface area contributed by atoms with Crippen LogP contribution in [0.2, 0.25) is 0 Å². The van der Waals surface area contributed by atoms with Gasteiger partial charge in [-0.3, -0.25) is 4.90 Å². The lowest BCUT2D eigenvalue weighted by molar-refractivity contribution is 0.00343. The van der Waals surface area contributed by atoms with Crippen LogP contribution in [0, 0.1) is 20.8 Å². The number of piperazine rings is 1. The number of carbonyl (C=O) groups is 1. The van der Waals surface area contributed by atoms with Gasteiger partial charge in [-0.15, -0.1) is 0 Å². The number of nitrogens with zero attached hydrogens (tertiary/aromatic N) is 4. The first-order valence-electron chi connectivity index (χ1n) is 10.5. The smallest absolute Gasteiger partial charge is 0.410 e. The Morgan fingerprint density at radius 1 is 1.17 bits per heavy atom. The second kappa shape index (κ2) is 8.68. The minimum atomic E-state index is -0.517. The van der Waals surface area contributed by atoms with E-state index in [1.54, 1.807) is 12.0 Å². The van der Waals surface area contributed by atoms with Crippen molar-refractivity contribution in [3.63, 3.8) is 0 Å². The van der Waals surface area contributed by atoms with Crippen molar-refractivity contribution in [3.05, 3.63) is 41.3 Å². The summed E-state index contributed by atoms with van der Waals surface area (Å²) in [6, 6.07) is 6.25. The summed E-state index contributed by atoms with van der Waals surface area (Å²) in [6.45, 7) is 14.4. The molecule has 1 fully saturated rings. The van der Waals surface area contributed by atoms with E-state index in [2.05, 4.69) is 48.4 Å². The molecule has 7 heteroatoms. The van der Waals surface area contributed by atoms with Gasteiger partial charge >= 0.3 is 6.09 Å². The van der Waals surface area contributed by atoms with Crippen molar-refractivity contribution in [3.8, 4) is 5.82 Å². The highest BCUT2D eigenvalue weighted by Crippen LogP contribution is 2.26. The molecule has 164 valence electrons. The molecule has 2 aromatic heterocycles. The molecule has 0 aromatic carbocycles. The number of rotatable bonds is 4. The molecule has 0 radical (unpaired) electrons. The van der Waals surface area contributed by atoms with Gasteiger partial charge in [0.2, 0.25) is 0 Å². The van der Waals surface area contributed by atoms with E-state index < -0.39 is 5.60 Å². The summed E-state index contributed by atoms with van der Waals surface area (Å²) in [4.78, 5) is 21.5. The summed E-state index contributed by atoms with van der Waals surface area (Å²) >= 11 is 0. The number of pyridine rings is 1. The monoisotopic (exact) mass is 414 g/mol. The highest BCUT2D eigenvalue weighted by atomic mass is 16.6. The molecule has 0 spiro atoms. The van der Waals surface area contributed by atoms with Gasteiger partial charge in [0.05, 0.1) is 24.5 Å². The average molecular weight is 415 g/mol. The summed E-state index contributed by atoms with van der Waals surface area (Å²) < 4.78 is 13.2. The molecule has 1 amide bonds. The van der Waals surface area contributed by atoms with Crippen molar-refractivity contribution in [1.82, 2.24) is 14.5 Å². The van der Waals surface area contributed by atoms with Crippen molar-refractivity contribution >= 4 is 11.8 Å². The third-order valence-electron chi connectivity index (χ3n) is 5.38. The van der Waals surface area contributed by atoms with E-state index in [1.807, 2.05) is 27.0 Å². The van der Waals surface area contributed by atoms with Gasteiger partial charge < -0.3 is 18.9 Å². The van der Waals surface area contributed by atoms with Gasteiger partial charge in [-0.05, 0) is 65.3 Å². The van der Waals surface area contributed by atoms with Gasteiger partial charge in [0.1, 0.15) is 11.4 Å². The maximum Gasteiger partial charge on any atom is 0.410 e. The summed E-state index contributed by atoms with van der Waals surface area (Å²) in [5, 5.41) is 0. The summed E-state index contributed by atoms with van der Waals surface area (Å²) in [6.07, 6.45) is 1.66. The Morgan fingerprint density at radius 3 is 2.40 bits per heavy atom. The Bertz CT molecular complexity index is 881. The van der Waals surface area contributed by atoms with Crippen molar-refractivity contribution in [2.24, 2.45) is 0 Å². The van der Waals surface area contributed by atoms with E-state index in [1.165, 1.54) is 11.4 Å². The second-order valence-corrected chi connectivity index (χ2v) is 9.01. The number of hydrogen-bond acceptors (Lipinski definition) is 5. The first-order valence-corrected chi connectivity index (χ1v) is 10.5. The fourth-order valence-electron chi connectivity index (χ4n) is 3.99. The fourth-order valence-corrected chi connectivity index (χ4v) is 3.99. The number of ether oxygens (including phenoxy) is 2. The molecule has 0 bridgehead atoms. The summed E-state index contributed by atoms with van der Waals surface area (Å²) in [5.74, 6) is 0.928. The zero-order valence-corrected chi connectivity index (χ0v) is 19.2. The molecule has 30 heavy (non-hydrogen) atoms.